The van der Waals surface area contributed by atoms with E-state index in [1.807, 2.05) is 0 Å². The van der Waals surface area contributed by atoms with Gasteiger partial charge in [-0.1, -0.05) is 6.07 Å². The average Bonchev–Trinajstić information content (AvgIpc) is 3.24. The third-order valence-corrected chi connectivity index (χ3v) is 7.30. The second-order valence-corrected chi connectivity index (χ2v) is 11.1. The molecule has 0 aliphatic rings. The van der Waals surface area contributed by atoms with Crippen molar-refractivity contribution in [2.45, 2.75) is 37.1 Å². The van der Waals surface area contributed by atoms with Gasteiger partial charge in [0.2, 0.25) is 0 Å². The average molecular weight is 533 g/mol. The molecular formula is C24H23F3N6O3S. The molecule has 3 heterocycles. The van der Waals surface area contributed by atoms with Gasteiger partial charge in [0.1, 0.15) is 11.4 Å². The molecule has 3 aromatic heterocycles. The molecule has 1 aromatic carbocycles. The summed E-state index contributed by atoms with van der Waals surface area (Å²) >= 11 is 0. The number of nitrogens with one attached hydrogen (secondary N) is 2. The molecule has 0 aliphatic carbocycles. The number of benzene rings is 1. The van der Waals surface area contributed by atoms with Crippen molar-refractivity contribution in [3.8, 4) is 0 Å². The number of carbonyl (C=O) groups excluding carboxylic acids is 1. The van der Waals surface area contributed by atoms with Crippen molar-refractivity contribution in [2.75, 3.05) is 11.1 Å². The highest BCUT2D eigenvalue weighted by molar-refractivity contribution is 7.92. The first-order valence-corrected chi connectivity index (χ1v) is 12.7. The number of carbonyl (C=O) groups is 1. The van der Waals surface area contributed by atoms with E-state index in [2.05, 4.69) is 20.4 Å². The van der Waals surface area contributed by atoms with Gasteiger partial charge in [0.05, 0.1) is 38.0 Å². The van der Waals surface area contributed by atoms with Crippen molar-refractivity contribution in [3.63, 3.8) is 0 Å². The van der Waals surface area contributed by atoms with Crippen LogP contribution in [0, 0.1) is 4.78 Å². The number of pyridine rings is 2. The first-order valence-electron chi connectivity index (χ1n) is 11.0. The molecule has 0 aliphatic heterocycles. The monoisotopic (exact) mass is 532 g/mol. The van der Waals surface area contributed by atoms with E-state index in [1.165, 1.54) is 43.1 Å². The van der Waals surface area contributed by atoms with Crippen LogP contribution >= 0.6 is 0 Å². The van der Waals surface area contributed by atoms with E-state index in [0.29, 0.717) is 15.8 Å². The zero-order valence-corrected chi connectivity index (χ0v) is 20.6. The van der Waals surface area contributed by atoms with Crippen LogP contribution < -0.4 is 5.32 Å². The van der Waals surface area contributed by atoms with E-state index in [1.54, 1.807) is 18.3 Å². The fraction of sp³-hybridized carbons (Fsp3) is 0.250. The third kappa shape index (κ3) is 5.94. The minimum Gasteiger partial charge on any atom is -0.386 e. The molecule has 9 nitrogen and oxygen atoms in total. The SMILES string of the molecule is CC(C)(O)c1cc2nn(CCS(=N)(=O)c3ccncc3)cc2cc1NC(=O)c1cccc(C(F)(F)F)n1. The van der Waals surface area contributed by atoms with Crippen LogP contribution in [0.4, 0.5) is 18.9 Å². The lowest BCUT2D eigenvalue weighted by Crippen LogP contribution is -2.22. The predicted molar refractivity (Wildman–Crippen MR) is 130 cm³/mol. The fourth-order valence-electron chi connectivity index (χ4n) is 3.65. The Morgan fingerprint density at radius 2 is 1.86 bits per heavy atom. The minimum atomic E-state index is -4.71. The number of fused-ring (bicyclic) bond motifs is 1. The van der Waals surface area contributed by atoms with Gasteiger partial charge in [-0.2, -0.15) is 18.3 Å². The molecule has 0 radical (unpaired) electrons. The number of rotatable bonds is 7. The Bertz CT molecular complexity index is 1560. The van der Waals surface area contributed by atoms with Crippen molar-refractivity contribution in [2.24, 2.45) is 0 Å². The van der Waals surface area contributed by atoms with Gasteiger partial charge in [-0.25, -0.2) is 14.0 Å². The summed E-state index contributed by atoms with van der Waals surface area (Å²) in [4.78, 5) is 20.4. The largest absolute Gasteiger partial charge is 0.433 e. The molecule has 0 saturated heterocycles. The number of hydrogen-bond donors (Lipinski definition) is 3. The lowest BCUT2D eigenvalue weighted by Gasteiger charge is -2.22. The first-order chi connectivity index (χ1) is 17.2. The molecule has 13 heteroatoms. The van der Waals surface area contributed by atoms with Gasteiger partial charge < -0.3 is 10.4 Å². The minimum absolute atomic E-state index is 0.00579. The van der Waals surface area contributed by atoms with Crippen molar-refractivity contribution in [3.05, 3.63) is 78.0 Å². The van der Waals surface area contributed by atoms with Gasteiger partial charge in [-0.05, 0) is 50.2 Å². The van der Waals surface area contributed by atoms with E-state index in [-0.39, 0.29) is 23.5 Å². The highest BCUT2D eigenvalue weighted by Gasteiger charge is 2.33. The summed E-state index contributed by atoms with van der Waals surface area (Å²) in [5.74, 6) is -0.886. The normalized spacial score (nSPS) is 13.9. The van der Waals surface area contributed by atoms with Crippen LogP contribution in [0.1, 0.15) is 35.6 Å². The molecule has 0 fully saturated rings. The number of amides is 1. The Hall–Kier alpha value is -3.84. The van der Waals surface area contributed by atoms with E-state index >= 15 is 0 Å². The Balaban J connectivity index is 1.63. The summed E-state index contributed by atoms with van der Waals surface area (Å²) < 4.78 is 61.6. The Kier molecular flexibility index (Phi) is 6.78. The summed E-state index contributed by atoms with van der Waals surface area (Å²) in [7, 11) is -3.08. The van der Waals surface area contributed by atoms with Crippen LogP contribution in [0.25, 0.3) is 10.9 Å². The molecule has 0 bridgehead atoms. The smallest absolute Gasteiger partial charge is 0.386 e. The van der Waals surface area contributed by atoms with Crippen LogP contribution in [-0.2, 0) is 28.1 Å². The lowest BCUT2D eigenvalue weighted by atomic mass is 9.95. The standard InChI is InChI=1S/C24H23F3N6O3S/c1-23(2,35)17-13-19-15(14-33(32-19)10-11-37(28,36)16-6-8-29-9-7-16)12-20(17)31-22(34)18-4-3-5-21(30-18)24(25,26)27/h3-9,12-14,28,35H,10-11H2,1-2H3,(H,31,34). The number of hydrogen-bond acceptors (Lipinski definition) is 7. The molecule has 3 N–H and O–H groups in total. The zero-order chi connectivity index (χ0) is 27.0. The quantitative estimate of drug-likeness (QED) is 0.322. The molecule has 1 amide bonds. The Morgan fingerprint density at radius 1 is 1.16 bits per heavy atom. The fourth-order valence-corrected chi connectivity index (χ4v) is 4.89. The van der Waals surface area contributed by atoms with Gasteiger partial charge in [-0.3, -0.25) is 14.5 Å². The number of aryl methyl sites for hydroxylation is 1. The molecule has 1 atom stereocenters. The van der Waals surface area contributed by atoms with Gasteiger partial charge in [0.25, 0.3) is 5.91 Å². The van der Waals surface area contributed by atoms with Crippen molar-refractivity contribution in [1.82, 2.24) is 19.7 Å². The number of anilines is 1. The van der Waals surface area contributed by atoms with Crippen LogP contribution in [-0.4, -0.2) is 40.7 Å². The Labute approximate surface area is 210 Å². The van der Waals surface area contributed by atoms with E-state index < -0.39 is 38.8 Å². The topological polar surface area (TPSA) is 134 Å². The number of alkyl halides is 3. The number of aliphatic hydroxyl groups is 1. The predicted octanol–water partition coefficient (Wildman–Crippen LogP) is 4.43. The highest BCUT2D eigenvalue weighted by atomic mass is 32.2. The maximum atomic E-state index is 13.0. The Morgan fingerprint density at radius 3 is 2.51 bits per heavy atom. The van der Waals surface area contributed by atoms with Gasteiger partial charge in [0, 0.05) is 35.2 Å². The van der Waals surface area contributed by atoms with Crippen LogP contribution in [0.2, 0.25) is 0 Å². The number of halogens is 3. The van der Waals surface area contributed by atoms with E-state index in [9.17, 15) is 27.3 Å². The molecule has 4 rings (SSSR count). The molecule has 1 unspecified atom stereocenters. The van der Waals surface area contributed by atoms with Gasteiger partial charge in [0.15, 0.2) is 0 Å². The second-order valence-electron chi connectivity index (χ2n) is 8.83. The summed E-state index contributed by atoms with van der Waals surface area (Å²) in [6, 6.07) is 9.17. The first kappa shape index (κ1) is 26.2. The van der Waals surface area contributed by atoms with Gasteiger partial charge in [-0.15, -0.1) is 0 Å². The summed E-state index contributed by atoms with van der Waals surface area (Å²) in [5, 5.41) is 18.2. The summed E-state index contributed by atoms with van der Waals surface area (Å²) in [6.45, 7) is 3.15. The molecule has 4 aromatic rings. The van der Waals surface area contributed by atoms with E-state index in [0.717, 1.165) is 18.2 Å². The second kappa shape index (κ2) is 9.56. The summed E-state index contributed by atoms with van der Waals surface area (Å²) in [6.07, 6.45) is -0.144. The molecule has 37 heavy (non-hydrogen) atoms. The molecule has 0 spiro atoms. The molecule has 0 saturated carbocycles. The third-order valence-electron chi connectivity index (χ3n) is 5.51. The van der Waals surface area contributed by atoms with Crippen molar-refractivity contribution in [1.29, 1.82) is 4.78 Å². The van der Waals surface area contributed by atoms with Crippen LogP contribution in [0.5, 0.6) is 0 Å². The zero-order valence-electron chi connectivity index (χ0n) is 19.8. The van der Waals surface area contributed by atoms with E-state index in [4.69, 9.17) is 4.78 Å². The highest BCUT2D eigenvalue weighted by Crippen LogP contribution is 2.32. The van der Waals surface area contributed by atoms with Crippen LogP contribution in [0.15, 0.2) is 66.0 Å². The lowest BCUT2D eigenvalue weighted by molar-refractivity contribution is -0.141. The number of nitrogens with zero attached hydrogens (tertiary/aromatic N) is 4. The summed E-state index contributed by atoms with van der Waals surface area (Å²) in [5.41, 5.74) is -2.14. The van der Waals surface area contributed by atoms with Crippen molar-refractivity contribution < 1.29 is 27.3 Å². The van der Waals surface area contributed by atoms with Gasteiger partial charge >= 0.3 is 6.18 Å². The number of aromatic nitrogens is 4. The molecule has 194 valence electrons. The maximum Gasteiger partial charge on any atom is 0.433 e. The molecular weight excluding hydrogens is 509 g/mol. The maximum absolute atomic E-state index is 13.0. The van der Waals surface area contributed by atoms with Crippen molar-refractivity contribution >= 4 is 32.2 Å². The van der Waals surface area contributed by atoms with Crippen LogP contribution in [0.3, 0.4) is 0 Å².